The summed E-state index contributed by atoms with van der Waals surface area (Å²) in [5.74, 6) is -2.87. The summed E-state index contributed by atoms with van der Waals surface area (Å²) in [4.78, 5) is -1.02. The van der Waals surface area contributed by atoms with Crippen LogP contribution in [0.5, 0.6) is 0 Å². The van der Waals surface area contributed by atoms with Crippen LogP contribution in [0.2, 0.25) is 5.02 Å². The molecule has 13 heavy (non-hydrogen) atoms. The van der Waals surface area contributed by atoms with Crippen LogP contribution in [-0.4, -0.2) is 8.42 Å². The Labute approximate surface area is 78.2 Å². The molecule has 0 aliphatic carbocycles. The van der Waals surface area contributed by atoms with Crippen LogP contribution in [0.3, 0.4) is 0 Å². The Morgan fingerprint density at radius 3 is 2.23 bits per heavy atom. The van der Waals surface area contributed by atoms with Crippen molar-refractivity contribution in [1.29, 1.82) is 0 Å². The third kappa shape index (κ3) is 1.96. The number of sulfonamides is 1. The number of benzene rings is 1. The first-order chi connectivity index (χ1) is 5.84. The lowest BCUT2D eigenvalue weighted by molar-refractivity contribution is 0.485. The summed E-state index contributed by atoms with van der Waals surface area (Å²) in [6, 6.07) is 1.63. The van der Waals surface area contributed by atoms with Crippen molar-refractivity contribution < 1.29 is 17.2 Å². The Hall–Kier alpha value is -0.720. The summed E-state index contributed by atoms with van der Waals surface area (Å²) in [5, 5.41) is 4.17. The molecule has 0 aromatic heterocycles. The van der Waals surface area contributed by atoms with E-state index in [-0.39, 0.29) is 0 Å². The molecule has 7 heteroatoms. The molecule has 72 valence electrons. The van der Waals surface area contributed by atoms with Gasteiger partial charge in [-0.1, -0.05) is 11.6 Å². The number of rotatable bonds is 1. The lowest BCUT2D eigenvalue weighted by Gasteiger charge is -2.02. The van der Waals surface area contributed by atoms with E-state index in [0.717, 1.165) is 6.07 Å². The van der Waals surface area contributed by atoms with Gasteiger partial charge in [0, 0.05) is 0 Å². The van der Waals surface area contributed by atoms with Crippen LogP contribution in [0.15, 0.2) is 17.0 Å². The molecular formula is C6H4ClF2NO2S. The molecule has 0 bridgehead atoms. The molecule has 0 aliphatic rings. The Kier molecular flexibility index (Phi) is 2.56. The first-order valence-electron chi connectivity index (χ1n) is 3.00. The van der Waals surface area contributed by atoms with Gasteiger partial charge in [-0.05, 0) is 12.1 Å². The SMILES string of the molecule is NS(=O)(=O)c1c(Cl)ccc(F)c1F. The van der Waals surface area contributed by atoms with Crippen molar-refractivity contribution in [2.75, 3.05) is 0 Å². The van der Waals surface area contributed by atoms with E-state index in [9.17, 15) is 17.2 Å². The minimum atomic E-state index is -4.33. The van der Waals surface area contributed by atoms with Crippen molar-refractivity contribution in [3.8, 4) is 0 Å². The van der Waals surface area contributed by atoms with Crippen molar-refractivity contribution >= 4 is 21.6 Å². The molecule has 3 nitrogen and oxygen atoms in total. The zero-order valence-electron chi connectivity index (χ0n) is 6.09. The molecule has 0 saturated carbocycles. The molecule has 0 spiro atoms. The topological polar surface area (TPSA) is 60.2 Å². The quantitative estimate of drug-likeness (QED) is 0.735. The van der Waals surface area contributed by atoms with Crippen LogP contribution in [0.25, 0.3) is 0 Å². The van der Waals surface area contributed by atoms with Gasteiger partial charge in [0.25, 0.3) is 0 Å². The molecule has 1 aromatic carbocycles. The van der Waals surface area contributed by atoms with E-state index in [4.69, 9.17) is 11.6 Å². The zero-order chi connectivity index (χ0) is 10.2. The summed E-state index contributed by atoms with van der Waals surface area (Å²) in [6.07, 6.45) is 0. The van der Waals surface area contributed by atoms with E-state index in [1.807, 2.05) is 0 Å². The van der Waals surface area contributed by atoms with Gasteiger partial charge in [0.15, 0.2) is 11.6 Å². The van der Waals surface area contributed by atoms with Gasteiger partial charge in [-0.3, -0.25) is 0 Å². The summed E-state index contributed by atoms with van der Waals surface area (Å²) < 4.78 is 46.8. The first kappa shape index (κ1) is 10.4. The maximum absolute atomic E-state index is 12.8. The third-order valence-corrected chi connectivity index (χ3v) is 2.68. The van der Waals surface area contributed by atoms with E-state index >= 15 is 0 Å². The molecule has 0 atom stereocenters. The number of halogens is 3. The van der Waals surface area contributed by atoms with Crippen molar-refractivity contribution in [1.82, 2.24) is 0 Å². The van der Waals surface area contributed by atoms with Gasteiger partial charge >= 0.3 is 0 Å². The second-order valence-corrected chi connectivity index (χ2v) is 4.12. The van der Waals surface area contributed by atoms with Crippen LogP contribution in [-0.2, 0) is 10.0 Å². The summed E-state index contributed by atoms with van der Waals surface area (Å²) in [5.41, 5.74) is 0. The van der Waals surface area contributed by atoms with Gasteiger partial charge in [-0.2, -0.15) is 0 Å². The fraction of sp³-hybridized carbons (Fsp3) is 0. The summed E-state index contributed by atoms with van der Waals surface area (Å²) >= 11 is 5.32. The lowest BCUT2D eigenvalue weighted by atomic mass is 10.3. The molecule has 0 heterocycles. The Morgan fingerprint density at radius 1 is 1.31 bits per heavy atom. The van der Waals surface area contributed by atoms with Gasteiger partial charge in [-0.15, -0.1) is 0 Å². The van der Waals surface area contributed by atoms with Crippen molar-refractivity contribution in [2.45, 2.75) is 4.90 Å². The predicted molar refractivity (Wildman–Crippen MR) is 42.7 cm³/mol. The molecule has 1 aromatic rings. The Bertz CT molecular complexity index is 446. The van der Waals surface area contributed by atoms with E-state index in [2.05, 4.69) is 5.14 Å². The van der Waals surface area contributed by atoms with Crippen LogP contribution < -0.4 is 5.14 Å². The minimum absolute atomic E-state index is 0.443. The number of hydrogen-bond donors (Lipinski definition) is 1. The van der Waals surface area contributed by atoms with Gasteiger partial charge in [0.05, 0.1) is 5.02 Å². The number of hydrogen-bond acceptors (Lipinski definition) is 2. The molecule has 0 aliphatic heterocycles. The van der Waals surface area contributed by atoms with Gasteiger partial charge in [0.2, 0.25) is 10.0 Å². The molecule has 2 N–H and O–H groups in total. The van der Waals surface area contributed by atoms with Crippen molar-refractivity contribution in [2.24, 2.45) is 5.14 Å². The molecule has 1 rings (SSSR count). The summed E-state index contributed by atoms with van der Waals surface area (Å²) in [7, 11) is -4.33. The van der Waals surface area contributed by atoms with E-state index < -0.39 is 31.6 Å². The van der Waals surface area contributed by atoms with Crippen LogP contribution in [0.4, 0.5) is 8.78 Å². The smallest absolute Gasteiger partial charge is 0.224 e. The molecule has 0 amide bonds. The Balaban J connectivity index is 3.62. The molecule has 0 saturated heterocycles. The van der Waals surface area contributed by atoms with Gasteiger partial charge in [-0.25, -0.2) is 22.3 Å². The van der Waals surface area contributed by atoms with Gasteiger partial charge < -0.3 is 0 Å². The standard InChI is InChI=1S/C6H4ClF2NO2S/c7-3-1-2-4(8)5(9)6(3)13(10,11)12/h1-2H,(H2,10,11,12). The normalized spacial score (nSPS) is 11.7. The molecule has 0 radical (unpaired) electrons. The van der Waals surface area contributed by atoms with Crippen LogP contribution >= 0.6 is 11.6 Å². The van der Waals surface area contributed by atoms with E-state index in [0.29, 0.717) is 6.07 Å². The highest BCUT2D eigenvalue weighted by atomic mass is 35.5. The highest BCUT2D eigenvalue weighted by Crippen LogP contribution is 2.24. The number of nitrogens with two attached hydrogens (primary N) is 1. The third-order valence-electron chi connectivity index (χ3n) is 1.29. The highest BCUT2D eigenvalue weighted by Gasteiger charge is 2.21. The predicted octanol–water partition coefficient (Wildman–Crippen LogP) is 1.27. The average Bonchev–Trinajstić information content (AvgIpc) is 1.95. The molecule has 0 fully saturated rings. The van der Waals surface area contributed by atoms with E-state index in [1.165, 1.54) is 0 Å². The van der Waals surface area contributed by atoms with Gasteiger partial charge in [0.1, 0.15) is 4.90 Å². The van der Waals surface area contributed by atoms with Crippen LogP contribution in [0.1, 0.15) is 0 Å². The fourth-order valence-electron chi connectivity index (χ4n) is 0.769. The largest absolute Gasteiger partial charge is 0.242 e. The van der Waals surface area contributed by atoms with Crippen LogP contribution in [0, 0.1) is 11.6 Å². The monoisotopic (exact) mass is 227 g/mol. The molecular weight excluding hydrogens is 224 g/mol. The van der Waals surface area contributed by atoms with E-state index in [1.54, 1.807) is 0 Å². The average molecular weight is 228 g/mol. The lowest BCUT2D eigenvalue weighted by Crippen LogP contribution is -2.15. The Morgan fingerprint density at radius 2 is 1.85 bits per heavy atom. The zero-order valence-corrected chi connectivity index (χ0v) is 7.66. The first-order valence-corrected chi connectivity index (χ1v) is 4.93. The maximum Gasteiger partial charge on any atom is 0.242 e. The van der Waals surface area contributed by atoms with Crippen molar-refractivity contribution in [3.05, 3.63) is 28.8 Å². The summed E-state index contributed by atoms with van der Waals surface area (Å²) in [6.45, 7) is 0. The highest BCUT2D eigenvalue weighted by molar-refractivity contribution is 7.89. The minimum Gasteiger partial charge on any atom is -0.224 e. The second kappa shape index (κ2) is 3.21. The van der Waals surface area contributed by atoms with Crippen molar-refractivity contribution in [3.63, 3.8) is 0 Å². The second-order valence-electron chi connectivity index (χ2n) is 2.22. The fourth-order valence-corrected chi connectivity index (χ4v) is 1.92. The maximum atomic E-state index is 12.8. The number of primary sulfonamides is 1. The molecule has 0 unspecified atom stereocenters.